The molecular weight excluding hydrogens is 316 g/mol. The Morgan fingerprint density at radius 1 is 1.35 bits per heavy atom. The standard InChI is InChI=1S/C16H25BrN2O/c1-18-12-16(6-8-20-9-7-16)13-19(2)11-14-4-3-5-15(17)10-14/h3-5,10,18H,6-9,11-13H2,1-2H3. The van der Waals surface area contributed by atoms with E-state index in [4.69, 9.17) is 4.74 Å². The lowest BCUT2D eigenvalue weighted by molar-refractivity contribution is -0.000736. The average Bonchev–Trinajstić information content (AvgIpc) is 2.39. The van der Waals surface area contributed by atoms with Crippen LogP contribution in [0.5, 0.6) is 0 Å². The smallest absolute Gasteiger partial charge is 0.0472 e. The van der Waals surface area contributed by atoms with Gasteiger partial charge in [-0.25, -0.2) is 0 Å². The van der Waals surface area contributed by atoms with Crippen LogP contribution in [0.3, 0.4) is 0 Å². The van der Waals surface area contributed by atoms with Crippen LogP contribution in [0.25, 0.3) is 0 Å². The molecule has 0 aliphatic carbocycles. The zero-order valence-corrected chi connectivity index (χ0v) is 14.1. The Hall–Kier alpha value is -0.420. The molecule has 4 heteroatoms. The molecule has 2 rings (SSSR count). The summed E-state index contributed by atoms with van der Waals surface area (Å²) in [5.41, 5.74) is 1.71. The highest BCUT2D eigenvalue weighted by Gasteiger charge is 2.33. The van der Waals surface area contributed by atoms with Crippen LogP contribution in [0, 0.1) is 5.41 Å². The first-order chi connectivity index (χ1) is 9.63. The normalized spacial score (nSPS) is 18.4. The third-order valence-corrected chi connectivity index (χ3v) is 4.55. The highest BCUT2D eigenvalue weighted by Crippen LogP contribution is 2.31. The van der Waals surface area contributed by atoms with Crippen LogP contribution in [0.15, 0.2) is 28.7 Å². The Balaban J connectivity index is 1.95. The van der Waals surface area contributed by atoms with E-state index in [0.29, 0.717) is 5.41 Å². The molecule has 0 bridgehead atoms. The molecule has 1 fully saturated rings. The van der Waals surface area contributed by atoms with Crippen LogP contribution in [-0.2, 0) is 11.3 Å². The molecular formula is C16H25BrN2O. The second-order valence-electron chi connectivity index (χ2n) is 5.94. The van der Waals surface area contributed by atoms with Gasteiger partial charge >= 0.3 is 0 Å². The SMILES string of the molecule is CNCC1(CN(C)Cc2cccc(Br)c2)CCOCC1. The third kappa shape index (κ3) is 4.55. The Morgan fingerprint density at radius 2 is 2.10 bits per heavy atom. The maximum Gasteiger partial charge on any atom is 0.0472 e. The predicted octanol–water partition coefficient (Wildman–Crippen LogP) is 2.90. The summed E-state index contributed by atoms with van der Waals surface area (Å²) in [5, 5.41) is 3.37. The topological polar surface area (TPSA) is 24.5 Å². The first-order valence-electron chi connectivity index (χ1n) is 7.29. The molecule has 1 N–H and O–H groups in total. The van der Waals surface area contributed by atoms with E-state index in [1.165, 1.54) is 5.56 Å². The van der Waals surface area contributed by atoms with Crippen molar-refractivity contribution < 1.29 is 4.74 Å². The Bertz CT molecular complexity index is 413. The molecule has 0 aromatic heterocycles. The highest BCUT2D eigenvalue weighted by atomic mass is 79.9. The maximum absolute atomic E-state index is 5.53. The van der Waals surface area contributed by atoms with Crippen LogP contribution in [0.1, 0.15) is 18.4 Å². The lowest BCUT2D eigenvalue weighted by Gasteiger charge is -2.40. The number of nitrogens with zero attached hydrogens (tertiary/aromatic N) is 1. The van der Waals surface area contributed by atoms with Gasteiger partial charge in [0, 0.05) is 37.3 Å². The van der Waals surface area contributed by atoms with Gasteiger partial charge in [0.2, 0.25) is 0 Å². The fourth-order valence-corrected chi connectivity index (χ4v) is 3.59. The average molecular weight is 341 g/mol. The number of hydrogen-bond acceptors (Lipinski definition) is 3. The van der Waals surface area contributed by atoms with E-state index >= 15 is 0 Å². The largest absolute Gasteiger partial charge is 0.381 e. The third-order valence-electron chi connectivity index (χ3n) is 4.05. The van der Waals surface area contributed by atoms with Crippen molar-refractivity contribution in [3.8, 4) is 0 Å². The van der Waals surface area contributed by atoms with Gasteiger partial charge in [0.05, 0.1) is 0 Å². The first kappa shape index (κ1) is 16.0. The number of halogens is 1. The lowest BCUT2D eigenvalue weighted by Crippen LogP contribution is -2.45. The lowest BCUT2D eigenvalue weighted by atomic mass is 9.79. The van der Waals surface area contributed by atoms with Gasteiger partial charge in [0.15, 0.2) is 0 Å². The van der Waals surface area contributed by atoms with Crippen LogP contribution < -0.4 is 5.32 Å². The monoisotopic (exact) mass is 340 g/mol. The zero-order valence-electron chi connectivity index (χ0n) is 12.5. The van der Waals surface area contributed by atoms with Gasteiger partial charge < -0.3 is 15.0 Å². The summed E-state index contributed by atoms with van der Waals surface area (Å²) in [5.74, 6) is 0. The summed E-state index contributed by atoms with van der Waals surface area (Å²) < 4.78 is 6.69. The van der Waals surface area contributed by atoms with Gasteiger partial charge in [-0.1, -0.05) is 28.1 Å². The summed E-state index contributed by atoms with van der Waals surface area (Å²) in [6.07, 6.45) is 2.30. The molecule has 0 atom stereocenters. The molecule has 3 nitrogen and oxygen atoms in total. The number of benzene rings is 1. The Morgan fingerprint density at radius 3 is 2.75 bits per heavy atom. The van der Waals surface area contributed by atoms with Crippen LogP contribution in [-0.4, -0.2) is 45.3 Å². The summed E-state index contributed by atoms with van der Waals surface area (Å²) in [6.45, 7) is 4.97. The Labute approximate surface area is 130 Å². The predicted molar refractivity (Wildman–Crippen MR) is 86.9 cm³/mol. The van der Waals surface area contributed by atoms with Gasteiger partial charge in [0.25, 0.3) is 0 Å². The van der Waals surface area contributed by atoms with Crippen molar-refractivity contribution in [3.05, 3.63) is 34.3 Å². The van der Waals surface area contributed by atoms with Gasteiger partial charge in [-0.2, -0.15) is 0 Å². The zero-order chi connectivity index (χ0) is 14.4. The fourth-order valence-electron chi connectivity index (χ4n) is 3.15. The molecule has 1 aliphatic heterocycles. The fraction of sp³-hybridized carbons (Fsp3) is 0.625. The quantitative estimate of drug-likeness (QED) is 0.861. The maximum atomic E-state index is 5.53. The van der Waals surface area contributed by atoms with E-state index in [9.17, 15) is 0 Å². The molecule has 1 saturated heterocycles. The highest BCUT2D eigenvalue weighted by molar-refractivity contribution is 9.10. The number of nitrogens with one attached hydrogen (secondary N) is 1. The van der Waals surface area contributed by atoms with E-state index < -0.39 is 0 Å². The molecule has 0 saturated carbocycles. The summed E-state index contributed by atoms with van der Waals surface area (Å²) in [7, 11) is 4.26. The van der Waals surface area contributed by atoms with E-state index in [-0.39, 0.29) is 0 Å². The molecule has 0 unspecified atom stereocenters. The molecule has 1 heterocycles. The van der Waals surface area contributed by atoms with Crippen molar-refractivity contribution in [3.63, 3.8) is 0 Å². The molecule has 112 valence electrons. The minimum Gasteiger partial charge on any atom is -0.381 e. The van der Waals surface area contributed by atoms with E-state index in [2.05, 4.69) is 57.5 Å². The summed E-state index contributed by atoms with van der Waals surface area (Å²) in [4.78, 5) is 2.43. The number of ether oxygens (including phenoxy) is 1. The van der Waals surface area contributed by atoms with Crippen molar-refractivity contribution in [2.24, 2.45) is 5.41 Å². The van der Waals surface area contributed by atoms with Crippen LogP contribution in [0.2, 0.25) is 0 Å². The molecule has 1 aliphatic rings. The van der Waals surface area contributed by atoms with E-state index in [1.54, 1.807) is 0 Å². The molecule has 0 spiro atoms. The van der Waals surface area contributed by atoms with Gasteiger partial charge in [0.1, 0.15) is 0 Å². The van der Waals surface area contributed by atoms with Gasteiger partial charge in [-0.15, -0.1) is 0 Å². The summed E-state index contributed by atoms with van der Waals surface area (Å²) in [6, 6.07) is 8.57. The second-order valence-corrected chi connectivity index (χ2v) is 6.86. The van der Waals surface area contributed by atoms with Gasteiger partial charge in [-0.3, -0.25) is 0 Å². The first-order valence-corrected chi connectivity index (χ1v) is 8.08. The molecule has 0 radical (unpaired) electrons. The summed E-state index contributed by atoms with van der Waals surface area (Å²) >= 11 is 3.54. The second kappa shape index (κ2) is 7.55. The molecule has 0 amide bonds. The number of rotatable bonds is 6. The van der Waals surface area contributed by atoms with Crippen molar-refractivity contribution in [1.82, 2.24) is 10.2 Å². The van der Waals surface area contributed by atoms with Crippen LogP contribution in [0.4, 0.5) is 0 Å². The minimum atomic E-state index is 0.355. The minimum absolute atomic E-state index is 0.355. The number of hydrogen-bond donors (Lipinski definition) is 1. The molecule has 1 aromatic carbocycles. The van der Waals surface area contributed by atoms with Gasteiger partial charge in [-0.05, 0) is 50.0 Å². The molecule has 20 heavy (non-hydrogen) atoms. The van der Waals surface area contributed by atoms with E-state index in [0.717, 1.165) is 50.2 Å². The van der Waals surface area contributed by atoms with Crippen LogP contribution >= 0.6 is 15.9 Å². The van der Waals surface area contributed by atoms with Crippen molar-refractivity contribution >= 4 is 15.9 Å². The van der Waals surface area contributed by atoms with Crippen molar-refractivity contribution in [2.45, 2.75) is 19.4 Å². The van der Waals surface area contributed by atoms with Crippen molar-refractivity contribution in [1.29, 1.82) is 0 Å². The Kier molecular flexibility index (Phi) is 6.02. The molecule has 1 aromatic rings. The van der Waals surface area contributed by atoms with Crippen molar-refractivity contribution in [2.75, 3.05) is 40.4 Å². The van der Waals surface area contributed by atoms with E-state index in [1.807, 2.05) is 7.05 Å².